The van der Waals surface area contributed by atoms with Crippen molar-refractivity contribution in [2.45, 2.75) is 75.7 Å². The Morgan fingerprint density at radius 3 is 2.73 bits per heavy atom. The molecule has 5 rings (SSSR count). The van der Waals surface area contributed by atoms with Gasteiger partial charge in [0.1, 0.15) is 5.01 Å². The van der Waals surface area contributed by atoms with Crippen molar-refractivity contribution in [1.29, 1.82) is 0 Å². The molecule has 1 N–H and O–H groups in total. The molecule has 7 heteroatoms. The van der Waals surface area contributed by atoms with Crippen LogP contribution in [0.1, 0.15) is 91.1 Å². The smallest absolute Gasteiger partial charge is 0.254 e. The van der Waals surface area contributed by atoms with E-state index in [-0.39, 0.29) is 17.7 Å². The van der Waals surface area contributed by atoms with Crippen molar-refractivity contribution in [1.82, 2.24) is 15.1 Å². The Morgan fingerprint density at radius 2 is 2.00 bits per heavy atom. The lowest BCUT2D eigenvalue weighted by Gasteiger charge is -2.50. The van der Waals surface area contributed by atoms with Crippen LogP contribution < -0.4 is 5.32 Å². The van der Waals surface area contributed by atoms with E-state index in [1.807, 2.05) is 29.2 Å². The van der Waals surface area contributed by atoms with Gasteiger partial charge < -0.3 is 4.90 Å². The number of carbonyl (C=O) groups is 2. The van der Waals surface area contributed by atoms with Gasteiger partial charge in [0.2, 0.25) is 11.0 Å². The van der Waals surface area contributed by atoms with Crippen molar-refractivity contribution in [2.75, 3.05) is 11.9 Å². The summed E-state index contributed by atoms with van der Waals surface area (Å²) in [7, 11) is 0. The third-order valence-corrected chi connectivity index (χ3v) is 7.89. The Kier molecular flexibility index (Phi) is 5.09. The maximum absolute atomic E-state index is 13.7. The number of amides is 2. The topological polar surface area (TPSA) is 75.2 Å². The number of benzene rings is 1. The van der Waals surface area contributed by atoms with E-state index in [2.05, 4.69) is 22.4 Å². The van der Waals surface area contributed by atoms with Gasteiger partial charge in [0.05, 0.1) is 11.5 Å². The van der Waals surface area contributed by atoms with Crippen LogP contribution in [0.25, 0.3) is 0 Å². The van der Waals surface area contributed by atoms with E-state index in [1.54, 1.807) is 0 Å². The fraction of sp³-hybridized carbons (Fsp3) is 0.565. The highest BCUT2D eigenvalue weighted by Crippen LogP contribution is 2.51. The molecular formula is C23H28N4O2S. The standard InChI is InChI=1S/C23H28N4O2S/c1-2-3-14-27-21(29)17-9-5-4-8-16(17)18(23(27)12-6-7-13-23)19(28)24-22-26-25-20(30-22)15-10-11-15/h4-5,8-9,15,18H,2-3,6-7,10-14H2,1H3,(H,24,26,28)/t18-/m1/s1. The third-order valence-electron chi connectivity index (χ3n) is 6.89. The summed E-state index contributed by atoms with van der Waals surface area (Å²) in [6.45, 7) is 2.85. The van der Waals surface area contributed by atoms with Gasteiger partial charge >= 0.3 is 0 Å². The number of fused-ring (bicyclic) bond motifs is 1. The number of aromatic nitrogens is 2. The molecule has 2 aromatic rings. The second-order valence-electron chi connectivity index (χ2n) is 8.85. The lowest BCUT2D eigenvalue weighted by atomic mass is 9.71. The summed E-state index contributed by atoms with van der Waals surface area (Å²) >= 11 is 1.49. The molecule has 0 unspecified atom stereocenters. The molecule has 0 saturated heterocycles. The molecule has 3 aliphatic rings. The zero-order valence-electron chi connectivity index (χ0n) is 17.4. The lowest BCUT2D eigenvalue weighted by Crippen LogP contribution is -2.60. The summed E-state index contributed by atoms with van der Waals surface area (Å²) in [5, 5.41) is 13.1. The first-order valence-electron chi connectivity index (χ1n) is 11.2. The zero-order chi connectivity index (χ0) is 20.7. The normalized spacial score (nSPS) is 22.4. The minimum Gasteiger partial charge on any atom is -0.332 e. The van der Waals surface area contributed by atoms with Crippen molar-refractivity contribution < 1.29 is 9.59 Å². The quantitative estimate of drug-likeness (QED) is 0.729. The van der Waals surface area contributed by atoms with Crippen molar-refractivity contribution in [2.24, 2.45) is 0 Å². The Hall–Kier alpha value is -2.28. The fourth-order valence-corrected chi connectivity index (χ4v) is 6.18. The van der Waals surface area contributed by atoms with Gasteiger partial charge in [-0.1, -0.05) is 55.7 Å². The van der Waals surface area contributed by atoms with Gasteiger partial charge in [-0.25, -0.2) is 0 Å². The molecule has 1 atom stereocenters. The number of rotatable bonds is 6. The molecule has 158 valence electrons. The monoisotopic (exact) mass is 424 g/mol. The Morgan fingerprint density at radius 1 is 1.23 bits per heavy atom. The van der Waals surface area contributed by atoms with Gasteiger partial charge in [0, 0.05) is 18.0 Å². The Balaban J connectivity index is 1.53. The molecule has 6 nitrogen and oxygen atoms in total. The summed E-state index contributed by atoms with van der Waals surface area (Å²) in [5.41, 5.74) is 1.10. The van der Waals surface area contributed by atoms with Crippen LogP contribution in [0.3, 0.4) is 0 Å². The fourth-order valence-electron chi connectivity index (χ4n) is 5.27. The molecule has 2 heterocycles. The number of hydrogen-bond donors (Lipinski definition) is 1. The van der Waals surface area contributed by atoms with Crippen LogP contribution >= 0.6 is 11.3 Å². The van der Waals surface area contributed by atoms with Crippen LogP contribution in [0.15, 0.2) is 24.3 Å². The predicted molar refractivity (Wildman–Crippen MR) is 117 cm³/mol. The maximum atomic E-state index is 13.7. The summed E-state index contributed by atoms with van der Waals surface area (Å²) < 4.78 is 0. The van der Waals surface area contributed by atoms with Crippen molar-refractivity contribution in [3.05, 3.63) is 40.4 Å². The largest absolute Gasteiger partial charge is 0.332 e. The van der Waals surface area contributed by atoms with Crippen molar-refractivity contribution >= 4 is 28.3 Å². The number of anilines is 1. The summed E-state index contributed by atoms with van der Waals surface area (Å²) in [5.74, 6) is 0.166. The number of nitrogens with zero attached hydrogens (tertiary/aromatic N) is 3. The molecule has 2 aliphatic carbocycles. The molecule has 0 bridgehead atoms. The molecule has 1 aromatic carbocycles. The molecule has 1 spiro atoms. The maximum Gasteiger partial charge on any atom is 0.254 e. The molecule has 2 saturated carbocycles. The third kappa shape index (κ3) is 3.23. The van der Waals surface area contributed by atoms with Gasteiger partial charge in [-0.05, 0) is 43.7 Å². The van der Waals surface area contributed by atoms with Gasteiger partial charge in [0.15, 0.2) is 0 Å². The summed E-state index contributed by atoms with van der Waals surface area (Å²) in [4.78, 5) is 29.2. The van der Waals surface area contributed by atoms with Gasteiger partial charge in [-0.3, -0.25) is 14.9 Å². The number of hydrogen-bond acceptors (Lipinski definition) is 5. The first-order chi connectivity index (χ1) is 14.6. The zero-order valence-corrected chi connectivity index (χ0v) is 18.2. The van der Waals surface area contributed by atoms with E-state index in [0.29, 0.717) is 23.2 Å². The first-order valence-corrected chi connectivity index (χ1v) is 12.0. The highest BCUT2D eigenvalue weighted by atomic mass is 32.1. The average molecular weight is 425 g/mol. The first kappa shape index (κ1) is 19.7. The lowest BCUT2D eigenvalue weighted by molar-refractivity contribution is -0.121. The van der Waals surface area contributed by atoms with Gasteiger partial charge in [-0.2, -0.15) is 0 Å². The van der Waals surface area contributed by atoms with Crippen LogP contribution in [0.4, 0.5) is 5.13 Å². The molecular weight excluding hydrogens is 396 g/mol. The molecule has 2 amide bonds. The second kappa shape index (κ2) is 7.76. The predicted octanol–water partition coefficient (Wildman–Crippen LogP) is 4.71. The molecule has 1 aliphatic heterocycles. The summed E-state index contributed by atoms with van der Waals surface area (Å²) in [6, 6.07) is 7.66. The van der Waals surface area contributed by atoms with Gasteiger partial charge in [0.25, 0.3) is 5.91 Å². The number of unbranched alkanes of at least 4 members (excludes halogenated alkanes) is 1. The Bertz CT molecular complexity index is 962. The van der Waals surface area contributed by atoms with Crippen LogP contribution in [-0.2, 0) is 4.79 Å². The Labute approximate surface area is 181 Å². The molecule has 0 radical (unpaired) electrons. The molecule has 2 fully saturated rings. The minimum absolute atomic E-state index is 0.0585. The second-order valence-corrected chi connectivity index (χ2v) is 9.86. The van der Waals surface area contributed by atoms with E-state index in [0.717, 1.165) is 61.9 Å². The average Bonchev–Trinajstić information content (AvgIpc) is 3.31. The van der Waals surface area contributed by atoms with E-state index in [4.69, 9.17) is 0 Å². The number of nitrogens with one attached hydrogen (secondary N) is 1. The van der Waals surface area contributed by atoms with Crippen LogP contribution in [0.5, 0.6) is 0 Å². The van der Waals surface area contributed by atoms with E-state index < -0.39 is 5.54 Å². The van der Waals surface area contributed by atoms with Crippen LogP contribution in [-0.4, -0.2) is 39.0 Å². The van der Waals surface area contributed by atoms with Crippen LogP contribution in [0.2, 0.25) is 0 Å². The van der Waals surface area contributed by atoms with E-state index >= 15 is 0 Å². The highest BCUT2D eigenvalue weighted by Gasteiger charge is 2.55. The SMILES string of the molecule is CCCCN1C(=O)c2ccccc2[C@H](C(=O)Nc2nnc(C3CC3)s2)C12CCCC2. The summed E-state index contributed by atoms with van der Waals surface area (Å²) in [6.07, 6.45) is 8.14. The van der Waals surface area contributed by atoms with Crippen LogP contribution in [0, 0.1) is 0 Å². The minimum atomic E-state index is -0.436. The van der Waals surface area contributed by atoms with E-state index in [1.165, 1.54) is 11.3 Å². The number of carbonyl (C=O) groups excluding carboxylic acids is 2. The molecule has 1 aromatic heterocycles. The highest BCUT2D eigenvalue weighted by molar-refractivity contribution is 7.15. The van der Waals surface area contributed by atoms with Crippen molar-refractivity contribution in [3.8, 4) is 0 Å². The van der Waals surface area contributed by atoms with E-state index in [9.17, 15) is 9.59 Å². The van der Waals surface area contributed by atoms with Crippen molar-refractivity contribution in [3.63, 3.8) is 0 Å². The molecule has 30 heavy (non-hydrogen) atoms. The van der Waals surface area contributed by atoms with Gasteiger partial charge in [-0.15, -0.1) is 10.2 Å².